The van der Waals surface area contributed by atoms with Crippen LogP contribution in [0.5, 0.6) is 0 Å². The van der Waals surface area contributed by atoms with Gasteiger partial charge < -0.3 is 20.5 Å². The minimum Gasteiger partial charge on any atom is -0.480 e. The summed E-state index contributed by atoms with van der Waals surface area (Å²) in [6.07, 6.45) is 1.64. The van der Waals surface area contributed by atoms with Crippen molar-refractivity contribution in [2.45, 2.75) is 70.6 Å². The smallest absolute Gasteiger partial charge is 0.408 e. The van der Waals surface area contributed by atoms with Crippen LogP contribution in [0.1, 0.15) is 53.4 Å². The summed E-state index contributed by atoms with van der Waals surface area (Å²) in [6.45, 7) is 6.64. The maximum atomic E-state index is 12.1. The zero-order valence-corrected chi connectivity index (χ0v) is 13.0. The fraction of sp³-hybridized carbons (Fsp3) is 0.786. The summed E-state index contributed by atoms with van der Waals surface area (Å²) in [6, 6.07) is -0.864. The molecule has 0 heterocycles. The second-order valence-corrected chi connectivity index (χ2v) is 6.45. The van der Waals surface area contributed by atoms with Gasteiger partial charge in [0.15, 0.2) is 0 Å². The molecule has 1 saturated carbocycles. The van der Waals surface area contributed by atoms with Gasteiger partial charge in [-0.15, -0.1) is 0 Å². The number of carboxylic acids is 1. The third kappa shape index (κ3) is 4.91. The minimum atomic E-state index is -1.21. The van der Waals surface area contributed by atoms with E-state index >= 15 is 0 Å². The Labute approximate surface area is 124 Å². The predicted molar refractivity (Wildman–Crippen MR) is 75.8 cm³/mol. The van der Waals surface area contributed by atoms with Crippen LogP contribution in [-0.4, -0.2) is 40.3 Å². The van der Waals surface area contributed by atoms with Gasteiger partial charge in [-0.2, -0.15) is 0 Å². The quantitative estimate of drug-likeness (QED) is 0.728. The van der Waals surface area contributed by atoms with Gasteiger partial charge in [0.2, 0.25) is 5.91 Å². The van der Waals surface area contributed by atoms with Gasteiger partial charge in [0.05, 0.1) is 0 Å². The first kappa shape index (κ1) is 17.3. The number of aliphatic carboxylic acids is 1. The van der Waals surface area contributed by atoms with Gasteiger partial charge in [-0.05, 0) is 40.5 Å². The molecular formula is C14H24N2O5. The summed E-state index contributed by atoms with van der Waals surface area (Å²) in [5, 5.41) is 14.3. The molecule has 0 aromatic rings. The number of hydrogen-bond donors (Lipinski definition) is 3. The van der Waals surface area contributed by atoms with Crippen molar-refractivity contribution in [1.29, 1.82) is 0 Å². The number of ether oxygens (including phenoxy) is 1. The summed E-state index contributed by atoms with van der Waals surface area (Å²) >= 11 is 0. The molecule has 2 amide bonds. The van der Waals surface area contributed by atoms with E-state index in [1.165, 1.54) is 6.92 Å². The lowest BCUT2D eigenvalue weighted by Crippen LogP contribution is -2.57. The lowest BCUT2D eigenvalue weighted by molar-refractivity contribution is -0.147. The molecule has 1 atom stereocenters. The third-order valence-electron chi connectivity index (χ3n) is 3.36. The highest BCUT2D eigenvalue weighted by Crippen LogP contribution is 2.29. The molecule has 0 unspecified atom stereocenters. The third-order valence-corrected chi connectivity index (χ3v) is 3.36. The molecule has 1 rings (SSSR count). The topological polar surface area (TPSA) is 105 Å². The average molecular weight is 300 g/mol. The second-order valence-electron chi connectivity index (χ2n) is 6.45. The maximum Gasteiger partial charge on any atom is 0.408 e. The first-order chi connectivity index (χ1) is 9.56. The van der Waals surface area contributed by atoms with Gasteiger partial charge in [0.1, 0.15) is 17.2 Å². The lowest BCUT2D eigenvalue weighted by atomic mass is 9.97. The summed E-state index contributed by atoms with van der Waals surface area (Å²) in [5.41, 5.74) is -1.87. The van der Waals surface area contributed by atoms with E-state index in [1.807, 2.05) is 0 Å². The second kappa shape index (κ2) is 6.32. The molecule has 7 nitrogen and oxygen atoms in total. The predicted octanol–water partition coefficient (Wildman–Crippen LogP) is 1.41. The molecule has 0 saturated heterocycles. The molecule has 0 aliphatic heterocycles. The number of hydrogen-bond acceptors (Lipinski definition) is 4. The standard InChI is InChI=1S/C14H24N2O5/c1-9(15-12(20)21-13(2,3)4)10(17)16-14(11(18)19)7-5-6-8-14/h9H,5-8H2,1-4H3,(H,15,20)(H,16,17)(H,18,19)/t9-/m1/s1. The average Bonchev–Trinajstić information content (AvgIpc) is 2.75. The monoisotopic (exact) mass is 300 g/mol. The molecule has 0 aromatic heterocycles. The largest absolute Gasteiger partial charge is 0.480 e. The van der Waals surface area contributed by atoms with E-state index < -0.39 is 35.2 Å². The van der Waals surface area contributed by atoms with E-state index in [1.54, 1.807) is 20.8 Å². The van der Waals surface area contributed by atoms with Crippen LogP contribution in [0.4, 0.5) is 4.79 Å². The number of carbonyl (C=O) groups is 3. The van der Waals surface area contributed by atoms with Crippen LogP contribution in [-0.2, 0) is 14.3 Å². The Morgan fingerprint density at radius 3 is 2.14 bits per heavy atom. The van der Waals surface area contributed by atoms with Crippen LogP contribution in [0, 0.1) is 0 Å². The van der Waals surface area contributed by atoms with Gasteiger partial charge >= 0.3 is 12.1 Å². The maximum absolute atomic E-state index is 12.1. The van der Waals surface area contributed by atoms with E-state index in [0.29, 0.717) is 12.8 Å². The van der Waals surface area contributed by atoms with E-state index in [0.717, 1.165) is 12.8 Å². The van der Waals surface area contributed by atoms with Crippen molar-refractivity contribution in [3.05, 3.63) is 0 Å². The van der Waals surface area contributed by atoms with Crippen molar-refractivity contribution < 1.29 is 24.2 Å². The van der Waals surface area contributed by atoms with Crippen LogP contribution in [0.25, 0.3) is 0 Å². The molecule has 0 aromatic carbocycles. The molecule has 1 aliphatic rings. The first-order valence-corrected chi connectivity index (χ1v) is 7.11. The highest BCUT2D eigenvalue weighted by molar-refractivity contribution is 5.91. The molecule has 120 valence electrons. The first-order valence-electron chi connectivity index (χ1n) is 7.11. The molecule has 21 heavy (non-hydrogen) atoms. The highest BCUT2D eigenvalue weighted by Gasteiger charge is 2.43. The van der Waals surface area contributed by atoms with Gasteiger partial charge in [-0.3, -0.25) is 4.79 Å². The zero-order valence-electron chi connectivity index (χ0n) is 13.0. The summed E-state index contributed by atoms with van der Waals surface area (Å²) in [5.74, 6) is -1.55. The van der Waals surface area contributed by atoms with Gasteiger partial charge in [0.25, 0.3) is 0 Å². The molecule has 1 fully saturated rings. The van der Waals surface area contributed by atoms with Gasteiger partial charge in [-0.1, -0.05) is 12.8 Å². The number of carboxylic acid groups (broad SMARTS) is 1. The van der Waals surface area contributed by atoms with Gasteiger partial charge in [-0.25, -0.2) is 9.59 Å². The number of nitrogens with one attached hydrogen (secondary N) is 2. The summed E-state index contributed by atoms with van der Waals surface area (Å²) in [4.78, 5) is 35.0. The Kier molecular flexibility index (Phi) is 5.20. The molecule has 0 spiro atoms. The Morgan fingerprint density at radius 2 is 1.71 bits per heavy atom. The van der Waals surface area contributed by atoms with Crippen molar-refractivity contribution in [3.63, 3.8) is 0 Å². The minimum absolute atomic E-state index is 0.410. The zero-order chi connectivity index (χ0) is 16.3. The van der Waals surface area contributed by atoms with Crippen molar-refractivity contribution in [1.82, 2.24) is 10.6 Å². The SMILES string of the molecule is C[C@@H](NC(=O)OC(C)(C)C)C(=O)NC1(C(=O)O)CCCC1. The van der Waals surface area contributed by atoms with Crippen molar-refractivity contribution in [2.75, 3.05) is 0 Å². The number of carbonyl (C=O) groups excluding carboxylic acids is 2. The molecule has 7 heteroatoms. The van der Waals surface area contributed by atoms with E-state index in [4.69, 9.17) is 4.74 Å². The fourth-order valence-corrected chi connectivity index (χ4v) is 2.26. The Bertz CT molecular complexity index is 422. The highest BCUT2D eigenvalue weighted by atomic mass is 16.6. The normalized spacial score (nSPS) is 18.7. The van der Waals surface area contributed by atoms with Gasteiger partial charge in [0, 0.05) is 0 Å². The summed E-state index contributed by atoms with van der Waals surface area (Å²) in [7, 11) is 0. The van der Waals surface area contributed by atoms with E-state index in [2.05, 4.69) is 10.6 Å². The number of rotatable bonds is 4. The van der Waals surface area contributed by atoms with Crippen LogP contribution in [0.2, 0.25) is 0 Å². The van der Waals surface area contributed by atoms with Crippen molar-refractivity contribution in [3.8, 4) is 0 Å². The van der Waals surface area contributed by atoms with Crippen LogP contribution in [0.3, 0.4) is 0 Å². The summed E-state index contributed by atoms with van der Waals surface area (Å²) < 4.78 is 5.05. The molecule has 0 bridgehead atoms. The van der Waals surface area contributed by atoms with Crippen LogP contribution in [0.15, 0.2) is 0 Å². The number of alkyl carbamates (subject to hydrolysis) is 1. The molecule has 1 aliphatic carbocycles. The van der Waals surface area contributed by atoms with Crippen LogP contribution < -0.4 is 10.6 Å². The number of amides is 2. The Balaban J connectivity index is 2.58. The van der Waals surface area contributed by atoms with Crippen molar-refractivity contribution >= 4 is 18.0 Å². The Hall–Kier alpha value is -1.79. The fourth-order valence-electron chi connectivity index (χ4n) is 2.26. The molecule has 0 radical (unpaired) electrons. The van der Waals surface area contributed by atoms with Crippen LogP contribution >= 0.6 is 0 Å². The van der Waals surface area contributed by atoms with E-state index in [-0.39, 0.29) is 0 Å². The van der Waals surface area contributed by atoms with E-state index in [9.17, 15) is 19.5 Å². The van der Waals surface area contributed by atoms with Crippen molar-refractivity contribution in [2.24, 2.45) is 0 Å². The molecule has 3 N–H and O–H groups in total. The molecular weight excluding hydrogens is 276 g/mol. The lowest BCUT2D eigenvalue weighted by Gasteiger charge is -2.27. The Morgan fingerprint density at radius 1 is 1.19 bits per heavy atom.